The first-order valence-corrected chi connectivity index (χ1v) is 8.12. The topological polar surface area (TPSA) is 49.6 Å². The Hall–Kier alpha value is -2.23. The molecular formula is C18H20N4. The van der Waals surface area contributed by atoms with Gasteiger partial charge in [-0.15, -0.1) is 5.11 Å². The fraction of sp³-hybridized carbons (Fsp3) is 0.389. The Balaban J connectivity index is 1.49. The van der Waals surface area contributed by atoms with E-state index in [1.807, 2.05) is 30.3 Å². The van der Waals surface area contributed by atoms with Crippen LogP contribution in [0.2, 0.25) is 0 Å². The molecule has 2 atom stereocenters. The summed E-state index contributed by atoms with van der Waals surface area (Å²) in [6.07, 6.45) is 8.53. The average molecular weight is 292 g/mol. The summed E-state index contributed by atoms with van der Waals surface area (Å²) in [5, 5.41) is 13.5. The molecular weight excluding hydrogens is 272 g/mol. The lowest BCUT2D eigenvalue weighted by Crippen LogP contribution is -2.36. The zero-order valence-electron chi connectivity index (χ0n) is 12.6. The molecule has 0 bridgehead atoms. The fourth-order valence-electron chi connectivity index (χ4n) is 3.37. The third kappa shape index (κ3) is 2.73. The molecule has 2 heterocycles. The number of benzene rings is 1. The number of pyridine rings is 1. The molecule has 1 aromatic heterocycles. The monoisotopic (exact) mass is 292 g/mol. The Labute approximate surface area is 130 Å². The van der Waals surface area contributed by atoms with Gasteiger partial charge in [-0.3, -0.25) is 0 Å². The summed E-state index contributed by atoms with van der Waals surface area (Å²) in [6.45, 7) is 0. The third-order valence-corrected chi connectivity index (χ3v) is 4.57. The molecule has 1 N–H and O–H groups in total. The van der Waals surface area contributed by atoms with E-state index in [9.17, 15) is 0 Å². The standard InChI is InChI=1S/C18H20N4/c1-3-7-15-13(5-1)9-11-17(19-15)21-22-18-12-10-14-6-2-4-8-16(14)20-18/h1,3,5,7-9,11,14,18,20H,2,4,6,10,12H2. The maximum atomic E-state index is 4.54. The van der Waals surface area contributed by atoms with Crippen LogP contribution in [0, 0.1) is 5.92 Å². The molecule has 0 saturated carbocycles. The van der Waals surface area contributed by atoms with Crippen molar-refractivity contribution in [3.8, 4) is 0 Å². The van der Waals surface area contributed by atoms with Gasteiger partial charge in [-0.05, 0) is 56.2 Å². The van der Waals surface area contributed by atoms with E-state index in [0.29, 0.717) is 5.82 Å². The summed E-state index contributed by atoms with van der Waals surface area (Å²) in [7, 11) is 0. The van der Waals surface area contributed by atoms with Crippen LogP contribution in [-0.4, -0.2) is 11.1 Å². The second-order valence-electron chi connectivity index (χ2n) is 6.10. The van der Waals surface area contributed by atoms with E-state index in [-0.39, 0.29) is 6.17 Å². The normalized spacial score (nSPS) is 24.8. The maximum absolute atomic E-state index is 4.54. The average Bonchev–Trinajstić information content (AvgIpc) is 2.59. The number of piperidine rings is 1. The predicted molar refractivity (Wildman–Crippen MR) is 87.8 cm³/mol. The van der Waals surface area contributed by atoms with Gasteiger partial charge < -0.3 is 5.32 Å². The molecule has 1 saturated heterocycles. The van der Waals surface area contributed by atoms with Crippen molar-refractivity contribution in [3.05, 3.63) is 48.2 Å². The molecule has 2 aromatic rings. The van der Waals surface area contributed by atoms with Crippen LogP contribution in [0.15, 0.2) is 58.4 Å². The molecule has 4 nitrogen and oxygen atoms in total. The van der Waals surface area contributed by atoms with Gasteiger partial charge >= 0.3 is 0 Å². The highest BCUT2D eigenvalue weighted by molar-refractivity contribution is 5.79. The molecule has 4 rings (SSSR count). The second-order valence-corrected chi connectivity index (χ2v) is 6.10. The fourth-order valence-corrected chi connectivity index (χ4v) is 3.37. The van der Waals surface area contributed by atoms with E-state index >= 15 is 0 Å². The molecule has 22 heavy (non-hydrogen) atoms. The van der Waals surface area contributed by atoms with E-state index < -0.39 is 0 Å². The molecule has 2 aliphatic rings. The minimum absolute atomic E-state index is 0.0915. The van der Waals surface area contributed by atoms with Gasteiger partial charge in [0.2, 0.25) is 0 Å². The minimum atomic E-state index is 0.0915. The number of nitrogens with one attached hydrogen (secondary N) is 1. The van der Waals surface area contributed by atoms with Crippen LogP contribution in [-0.2, 0) is 0 Å². The Morgan fingerprint density at radius 1 is 1.05 bits per heavy atom. The molecule has 1 fully saturated rings. The van der Waals surface area contributed by atoms with Gasteiger partial charge in [0.25, 0.3) is 0 Å². The van der Waals surface area contributed by atoms with E-state index in [0.717, 1.165) is 23.2 Å². The van der Waals surface area contributed by atoms with Crippen LogP contribution in [0.4, 0.5) is 5.82 Å². The largest absolute Gasteiger partial charge is 0.366 e. The van der Waals surface area contributed by atoms with Crippen molar-refractivity contribution in [2.45, 2.75) is 38.3 Å². The SMILES string of the molecule is C1=C2NC(N=Nc3ccc4ccccc4n3)CCC2CCC1. The van der Waals surface area contributed by atoms with E-state index in [4.69, 9.17) is 0 Å². The number of aromatic nitrogens is 1. The summed E-state index contributed by atoms with van der Waals surface area (Å²) < 4.78 is 0. The number of hydrogen-bond donors (Lipinski definition) is 1. The number of azo groups is 1. The quantitative estimate of drug-likeness (QED) is 0.815. The lowest BCUT2D eigenvalue weighted by Gasteiger charge is -2.33. The van der Waals surface area contributed by atoms with Crippen LogP contribution in [0.5, 0.6) is 0 Å². The van der Waals surface area contributed by atoms with Crippen molar-refractivity contribution < 1.29 is 0 Å². The molecule has 1 aliphatic heterocycles. The Bertz CT molecular complexity index is 735. The minimum Gasteiger partial charge on any atom is -0.366 e. The molecule has 1 aromatic carbocycles. The van der Waals surface area contributed by atoms with Gasteiger partial charge in [0, 0.05) is 11.1 Å². The molecule has 0 spiro atoms. The van der Waals surface area contributed by atoms with Crippen LogP contribution >= 0.6 is 0 Å². The Morgan fingerprint density at radius 2 is 2.00 bits per heavy atom. The van der Waals surface area contributed by atoms with Crippen LogP contribution in [0.25, 0.3) is 10.9 Å². The molecule has 0 amide bonds. The summed E-state index contributed by atoms with van der Waals surface area (Å²) in [6, 6.07) is 12.1. The number of rotatable bonds is 2. The van der Waals surface area contributed by atoms with E-state index in [1.165, 1.54) is 31.4 Å². The zero-order chi connectivity index (χ0) is 14.8. The molecule has 4 heteroatoms. The van der Waals surface area contributed by atoms with Gasteiger partial charge in [-0.1, -0.05) is 24.3 Å². The highest BCUT2D eigenvalue weighted by atomic mass is 15.2. The number of nitrogens with zero attached hydrogens (tertiary/aromatic N) is 3. The van der Waals surface area contributed by atoms with Crippen LogP contribution in [0.1, 0.15) is 32.1 Å². The maximum Gasteiger partial charge on any atom is 0.174 e. The van der Waals surface area contributed by atoms with E-state index in [1.54, 1.807) is 0 Å². The smallest absolute Gasteiger partial charge is 0.174 e. The first-order chi connectivity index (χ1) is 10.9. The zero-order valence-corrected chi connectivity index (χ0v) is 12.6. The Kier molecular flexibility index (Phi) is 3.59. The summed E-state index contributed by atoms with van der Waals surface area (Å²) in [4.78, 5) is 4.54. The highest BCUT2D eigenvalue weighted by Crippen LogP contribution is 2.32. The van der Waals surface area contributed by atoms with Crippen molar-refractivity contribution in [2.75, 3.05) is 0 Å². The number of hydrogen-bond acceptors (Lipinski definition) is 4. The highest BCUT2D eigenvalue weighted by Gasteiger charge is 2.25. The summed E-state index contributed by atoms with van der Waals surface area (Å²) in [5.41, 5.74) is 2.35. The summed E-state index contributed by atoms with van der Waals surface area (Å²) >= 11 is 0. The van der Waals surface area contributed by atoms with Gasteiger partial charge in [-0.25, -0.2) is 4.98 Å². The number of allylic oxidation sites excluding steroid dienone is 2. The van der Waals surface area contributed by atoms with Crippen LogP contribution < -0.4 is 5.32 Å². The van der Waals surface area contributed by atoms with Crippen LogP contribution in [0.3, 0.4) is 0 Å². The predicted octanol–water partition coefficient (Wildman–Crippen LogP) is 4.71. The first-order valence-electron chi connectivity index (χ1n) is 8.12. The van der Waals surface area contributed by atoms with Gasteiger partial charge in [-0.2, -0.15) is 5.11 Å². The van der Waals surface area contributed by atoms with Gasteiger partial charge in [0.1, 0.15) is 6.17 Å². The number of fused-ring (bicyclic) bond motifs is 2. The third-order valence-electron chi connectivity index (χ3n) is 4.57. The Morgan fingerprint density at radius 3 is 3.00 bits per heavy atom. The lowest BCUT2D eigenvalue weighted by molar-refractivity contribution is 0.334. The van der Waals surface area contributed by atoms with E-state index in [2.05, 4.69) is 32.7 Å². The first kappa shape index (κ1) is 13.4. The number of para-hydroxylation sites is 1. The van der Waals surface area contributed by atoms with Crippen molar-refractivity contribution in [2.24, 2.45) is 16.1 Å². The second kappa shape index (κ2) is 5.87. The van der Waals surface area contributed by atoms with Crippen molar-refractivity contribution >= 4 is 16.7 Å². The molecule has 1 aliphatic carbocycles. The molecule has 112 valence electrons. The van der Waals surface area contributed by atoms with Crippen molar-refractivity contribution in [1.82, 2.24) is 10.3 Å². The van der Waals surface area contributed by atoms with Crippen molar-refractivity contribution in [3.63, 3.8) is 0 Å². The lowest BCUT2D eigenvalue weighted by atomic mass is 9.85. The molecule has 0 radical (unpaired) electrons. The summed E-state index contributed by atoms with van der Waals surface area (Å²) in [5.74, 6) is 1.40. The van der Waals surface area contributed by atoms with Gasteiger partial charge in [0.05, 0.1) is 5.52 Å². The van der Waals surface area contributed by atoms with Gasteiger partial charge in [0.15, 0.2) is 5.82 Å². The molecule has 2 unspecified atom stereocenters. The van der Waals surface area contributed by atoms with Crippen molar-refractivity contribution in [1.29, 1.82) is 0 Å².